The number of nitrogens with one attached hydrogen (secondary N) is 1. The zero-order valence-electron chi connectivity index (χ0n) is 20.1. The second kappa shape index (κ2) is 9.03. The molecular weight excluding hydrogens is 466 g/mol. The number of hydrazone groups is 1. The molecule has 2 aliphatic heterocycles. The smallest absolute Gasteiger partial charge is 0.276 e. The summed E-state index contributed by atoms with van der Waals surface area (Å²) in [6.07, 6.45) is 3.24. The molecule has 1 unspecified atom stereocenters. The topological polar surface area (TPSA) is 97.3 Å². The summed E-state index contributed by atoms with van der Waals surface area (Å²) in [6.45, 7) is 2.68. The van der Waals surface area contributed by atoms with E-state index in [1.165, 1.54) is 0 Å². The number of allylic oxidation sites excluding steroid dienone is 2. The number of nitrogens with zero attached hydrogens (tertiary/aromatic N) is 2. The van der Waals surface area contributed by atoms with Gasteiger partial charge in [0.2, 0.25) is 0 Å². The molecule has 1 aliphatic carbocycles. The molecule has 3 aliphatic rings. The zero-order valence-corrected chi connectivity index (χ0v) is 20.9. The van der Waals surface area contributed by atoms with Gasteiger partial charge in [0, 0.05) is 25.1 Å². The quantitative estimate of drug-likeness (QED) is 0.636. The average molecular weight is 496 g/mol. The number of methoxy groups -OCH3 is 2. The third-order valence-electron chi connectivity index (χ3n) is 7.04. The molecule has 1 atom stereocenters. The van der Waals surface area contributed by atoms with Crippen molar-refractivity contribution in [3.63, 3.8) is 0 Å². The third kappa shape index (κ3) is 4.18. The molecule has 2 heterocycles. The van der Waals surface area contributed by atoms with Crippen LogP contribution in [0, 0.1) is 6.92 Å². The highest BCUT2D eigenvalue weighted by Gasteiger charge is 2.40. The highest BCUT2D eigenvalue weighted by molar-refractivity contribution is 7.89. The Bertz CT molecular complexity index is 1350. The molecule has 0 spiro atoms. The van der Waals surface area contributed by atoms with Crippen LogP contribution < -0.4 is 14.3 Å². The first-order valence-corrected chi connectivity index (χ1v) is 13.2. The number of rotatable bonds is 5. The Labute approximate surface area is 205 Å². The van der Waals surface area contributed by atoms with Gasteiger partial charge in [-0.1, -0.05) is 17.7 Å². The second-order valence-electron chi connectivity index (χ2n) is 9.13. The van der Waals surface area contributed by atoms with Gasteiger partial charge in [0.15, 0.2) is 17.3 Å². The summed E-state index contributed by atoms with van der Waals surface area (Å²) in [5.74, 6) is 1.35. The lowest BCUT2D eigenvalue weighted by atomic mass is 9.79. The maximum Gasteiger partial charge on any atom is 0.276 e. The van der Waals surface area contributed by atoms with Crippen LogP contribution in [-0.2, 0) is 21.2 Å². The Morgan fingerprint density at radius 3 is 2.46 bits per heavy atom. The van der Waals surface area contributed by atoms with Crippen LogP contribution in [0.3, 0.4) is 0 Å². The highest BCUT2D eigenvalue weighted by Crippen LogP contribution is 2.46. The molecule has 0 saturated carbocycles. The lowest BCUT2D eigenvalue weighted by molar-refractivity contribution is -0.115. The predicted molar refractivity (Wildman–Crippen MR) is 132 cm³/mol. The summed E-state index contributed by atoms with van der Waals surface area (Å²) in [5, 5.41) is 4.35. The minimum absolute atomic E-state index is 0.0242. The zero-order chi connectivity index (χ0) is 24.7. The van der Waals surface area contributed by atoms with Crippen LogP contribution >= 0.6 is 0 Å². The van der Waals surface area contributed by atoms with Crippen LogP contribution in [0.4, 0.5) is 0 Å². The molecule has 0 bridgehead atoms. The van der Waals surface area contributed by atoms with Crippen molar-refractivity contribution < 1.29 is 22.7 Å². The van der Waals surface area contributed by atoms with E-state index in [1.54, 1.807) is 38.5 Å². The number of hydrogen-bond donors (Lipinski definition) is 1. The van der Waals surface area contributed by atoms with Crippen LogP contribution in [0.1, 0.15) is 48.4 Å². The van der Waals surface area contributed by atoms with E-state index in [4.69, 9.17) is 9.47 Å². The van der Waals surface area contributed by atoms with Gasteiger partial charge >= 0.3 is 0 Å². The fourth-order valence-electron chi connectivity index (χ4n) is 5.29. The maximum atomic E-state index is 13.0. The van der Waals surface area contributed by atoms with E-state index >= 15 is 0 Å². The van der Waals surface area contributed by atoms with E-state index in [1.807, 2.05) is 19.1 Å². The van der Waals surface area contributed by atoms with E-state index in [2.05, 4.69) is 14.8 Å². The lowest BCUT2D eigenvalue weighted by Gasteiger charge is -2.46. The first kappa shape index (κ1) is 23.4. The molecule has 184 valence electrons. The van der Waals surface area contributed by atoms with Gasteiger partial charge in [0.1, 0.15) is 0 Å². The molecular formula is C26H29N3O5S. The molecule has 8 nitrogen and oxygen atoms in total. The van der Waals surface area contributed by atoms with Crippen molar-refractivity contribution in [1.29, 1.82) is 0 Å². The summed E-state index contributed by atoms with van der Waals surface area (Å²) in [5.41, 5.74) is 5.24. The first-order chi connectivity index (χ1) is 16.8. The first-order valence-electron chi connectivity index (χ1n) is 11.8. The van der Waals surface area contributed by atoms with Gasteiger partial charge < -0.3 is 14.4 Å². The number of Topliss-reactive ketones (excluding diaryl/α,β-unsaturated/α-hetero) is 1. The summed E-state index contributed by atoms with van der Waals surface area (Å²) in [6, 6.07) is 10.5. The number of ether oxygens (including phenoxy) is 2. The van der Waals surface area contributed by atoms with Crippen molar-refractivity contribution in [2.24, 2.45) is 5.10 Å². The average Bonchev–Trinajstić information content (AvgIpc) is 2.86. The summed E-state index contributed by atoms with van der Waals surface area (Å²) >= 11 is 0. The number of carbonyl (C=O) groups is 1. The summed E-state index contributed by atoms with van der Waals surface area (Å²) < 4.78 is 36.8. The fraction of sp³-hybridized carbons (Fsp3) is 0.385. The van der Waals surface area contributed by atoms with Crippen LogP contribution in [0.2, 0.25) is 0 Å². The van der Waals surface area contributed by atoms with Crippen molar-refractivity contribution >= 4 is 21.5 Å². The largest absolute Gasteiger partial charge is 0.493 e. The van der Waals surface area contributed by atoms with E-state index in [9.17, 15) is 13.2 Å². The van der Waals surface area contributed by atoms with Crippen LogP contribution in [0.5, 0.6) is 11.5 Å². The van der Waals surface area contributed by atoms with Crippen molar-refractivity contribution in [3.8, 4) is 11.5 Å². The van der Waals surface area contributed by atoms with Gasteiger partial charge in [-0.15, -0.1) is 0 Å². The Morgan fingerprint density at radius 2 is 1.74 bits per heavy atom. The van der Waals surface area contributed by atoms with Crippen LogP contribution in [0.15, 0.2) is 57.7 Å². The highest BCUT2D eigenvalue weighted by atomic mass is 32.2. The maximum absolute atomic E-state index is 13.0. The molecule has 35 heavy (non-hydrogen) atoms. The van der Waals surface area contributed by atoms with Gasteiger partial charge in [0.05, 0.1) is 36.4 Å². The number of fused-ring (bicyclic) bond motifs is 4. The summed E-state index contributed by atoms with van der Waals surface area (Å²) in [7, 11) is -0.632. The second-order valence-corrected chi connectivity index (χ2v) is 10.8. The van der Waals surface area contributed by atoms with Gasteiger partial charge in [-0.2, -0.15) is 18.4 Å². The molecule has 0 aromatic heterocycles. The van der Waals surface area contributed by atoms with Crippen molar-refractivity contribution in [1.82, 2.24) is 9.73 Å². The van der Waals surface area contributed by atoms with E-state index in [0.29, 0.717) is 35.6 Å². The number of hydrogen-bond acceptors (Lipinski definition) is 7. The molecule has 0 radical (unpaired) electrons. The van der Waals surface area contributed by atoms with E-state index < -0.39 is 10.0 Å². The number of ketones is 1. The molecule has 2 aromatic rings. The molecule has 5 rings (SSSR count). The van der Waals surface area contributed by atoms with Gasteiger partial charge in [-0.05, 0) is 61.6 Å². The van der Waals surface area contributed by atoms with Crippen LogP contribution in [0.25, 0.3) is 0 Å². The Morgan fingerprint density at radius 1 is 1.03 bits per heavy atom. The van der Waals surface area contributed by atoms with Crippen molar-refractivity contribution in [2.75, 3.05) is 20.8 Å². The minimum Gasteiger partial charge on any atom is -0.493 e. The fourth-order valence-corrected chi connectivity index (χ4v) is 6.12. The SMILES string of the molecule is COc1cc2c(cc1OC)C1CC(=NNS(=O)(=O)c3ccc(C)cc3)C3=C(CCCC3=O)N1CC2. The van der Waals surface area contributed by atoms with Gasteiger partial charge in [0.25, 0.3) is 10.0 Å². The van der Waals surface area contributed by atoms with Crippen molar-refractivity contribution in [3.05, 3.63) is 64.4 Å². The number of carbonyl (C=O) groups excluding carboxylic acids is 1. The van der Waals surface area contributed by atoms with Gasteiger partial charge in [-0.25, -0.2) is 0 Å². The molecule has 2 aromatic carbocycles. The normalized spacial score (nSPS) is 20.8. The Balaban J connectivity index is 1.56. The molecule has 9 heteroatoms. The lowest BCUT2D eigenvalue weighted by Crippen LogP contribution is -2.43. The van der Waals surface area contributed by atoms with Crippen LogP contribution in [-0.4, -0.2) is 45.6 Å². The van der Waals surface area contributed by atoms with Gasteiger partial charge in [-0.3, -0.25) is 4.79 Å². The molecule has 0 saturated heterocycles. The number of sulfonamides is 1. The summed E-state index contributed by atoms with van der Waals surface area (Å²) in [4.78, 5) is 17.8. The monoisotopic (exact) mass is 495 g/mol. The standard InChI is InChI=1S/C26H29N3O5S/c1-16-7-9-18(10-8-16)35(31,32)28-27-20-15-22-19-14-25(34-3)24(33-2)13-17(19)11-12-29(22)21-5-4-6-23(30)26(20)21/h7-10,13-14,22,28H,4-6,11-12,15H2,1-3H3. The number of benzene rings is 2. The molecule has 1 N–H and O–H groups in total. The van der Waals surface area contributed by atoms with Crippen molar-refractivity contribution in [2.45, 2.75) is 50.0 Å². The van der Waals surface area contributed by atoms with E-state index in [0.717, 1.165) is 48.2 Å². The minimum atomic E-state index is -3.86. The number of aryl methyl sites for hydroxylation is 1. The predicted octanol–water partition coefficient (Wildman–Crippen LogP) is 3.66. The Hall–Kier alpha value is -3.33. The third-order valence-corrected chi connectivity index (χ3v) is 8.27. The molecule has 0 amide bonds. The van der Waals surface area contributed by atoms with E-state index in [-0.39, 0.29) is 16.7 Å². The molecule has 0 fully saturated rings. The Kier molecular flexibility index (Phi) is 6.04.